The van der Waals surface area contributed by atoms with E-state index in [-0.39, 0.29) is 0 Å². The first kappa shape index (κ1) is 13.3. The van der Waals surface area contributed by atoms with Crippen molar-refractivity contribution in [3.8, 4) is 0 Å². The predicted octanol–water partition coefficient (Wildman–Crippen LogP) is 3.57. The second-order valence-corrected chi connectivity index (χ2v) is 5.48. The Bertz CT molecular complexity index is 255. The molecular weight excluding hydrogens is 200 g/mol. The van der Waals surface area contributed by atoms with Gasteiger partial charge in [0.1, 0.15) is 12.4 Å². The van der Waals surface area contributed by atoms with Crippen LogP contribution in [0.5, 0.6) is 0 Å². The summed E-state index contributed by atoms with van der Waals surface area (Å²) in [7, 11) is 0. The van der Waals surface area contributed by atoms with E-state index >= 15 is 0 Å². The van der Waals surface area contributed by atoms with E-state index in [0.717, 1.165) is 18.6 Å². The molecule has 0 aromatic carbocycles. The molecule has 1 rings (SSSR count). The quantitative estimate of drug-likeness (QED) is 0.414. The van der Waals surface area contributed by atoms with Gasteiger partial charge in [0.25, 0.3) is 0 Å². The minimum Gasteiger partial charge on any atom is -0.497 e. The monoisotopic (exact) mass is 224 g/mol. The maximum Gasteiger partial charge on any atom is 0.148 e. The van der Waals surface area contributed by atoms with Crippen LogP contribution in [0.4, 0.5) is 0 Å². The van der Waals surface area contributed by atoms with Gasteiger partial charge >= 0.3 is 0 Å². The van der Waals surface area contributed by atoms with Crippen molar-refractivity contribution in [2.45, 2.75) is 53.1 Å². The minimum absolute atomic E-state index is 0.290. The summed E-state index contributed by atoms with van der Waals surface area (Å²) in [6.07, 6.45) is 6.43. The summed E-state index contributed by atoms with van der Waals surface area (Å²) >= 11 is 0. The Kier molecular flexibility index (Phi) is 5.04. The molecule has 1 aliphatic rings. The lowest BCUT2D eigenvalue weighted by Crippen LogP contribution is -2.33. The summed E-state index contributed by atoms with van der Waals surface area (Å²) in [6.45, 7) is 8.58. The minimum atomic E-state index is 0.290. The summed E-state index contributed by atoms with van der Waals surface area (Å²) in [5.74, 6) is 2.03. The van der Waals surface area contributed by atoms with Crippen LogP contribution >= 0.6 is 0 Å². The molecule has 0 bridgehead atoms. The molecule has 0 aromatic rings. The van der Waals surface area contributed by atoms with Gasteiger partial charge in [0.2, 0.25) is 0 Å². The molecule has 0 unspecified atom stereocenters. The lowest BCUT2D eigenvalue weighted by atomic mass is 9.75. The number of ether oxygens (including phenoxy) is 1. The molecule has 2 heteroatoms. The molecule has 1 fully saturated rings. The molecule has 2 nitrogen and oxygen atoms in total. The standard InChI is InChI=1S/C14H24O2/c1-10(2)13-6-5-11(3)7-14(13)16-9-12(4)8-15/h8-11,13-14H,5-7H2,1-4H3/b12-9+/t11-,13+,14-/m1/s1. The fourth-order valence-electron chi connectivity index (χ4n) is 2.49. The number of hydrogen-bond acceptors (Lipinski definition) is 2. The van der Waals surface area contributed by atoms with Gasteiger partial charge in [0.15, 0.2) is 0 Å². The summed E-state index contributed by atoms with van der Waals surface area (Å²) in [4.78, 5) is 10.5. The second-order valence-electron chi connectivity index (χ2n) is 5.48. The highest BCUT2D eigenvalue weighted by Gasteiger charge is 2.31. The first-order valence-corrected chi connectivity index (χ1v) is 6.32. The van der Waals surface area contributed by atoms with Gasteiger partial charge in [-0.3, -0.25) is 4.79 Å². The number of rotatable bonds is 4. The van der Waals surface area contributed by atoms with Crippen molar-refractivity contribution in [2.75, 3.05) is 0 Å². The van der Waals surface area contributed by atoms with E-state index < -0.39 is 0 Å². The average molecular weight is 224 g/mol. The van der Waals surface area contributed by atoms with Crippen LogP contribution in [-0.4, -0.2) is 12.4 Å². The van der Waals surface area contributed by atoms with Crippen LogP contribution in [0.25, 0.3) is 0 Å². The van der Waals surface area contributed by atoms with Gasteiger partial charge < -0.3 is 4.74 Å². The molecular formula is C14H24O2. The topological polar surface area (TPSA) is 26.3 Å². The molecule has 16 heavy (non-hydrogen) atoms. The van der Waals surface area contributed by atoms with Crippen LogP contribution < -0.4 is 0 Å². The zero-order chi connectivity index (χ0) is 12.1. The smallest absolute Gasteiger partial charge is 0.148 e. The van der Waals surface area contributed by atoms with Crippen molar-refractivity contribution in [1.29, 1.82) is 0 Å². The Balaban J connectivity index is 2.61. The zero-order valence-corrected chi connectivity index (χ0v) is 10.9. The van der Waals surface area contributed by atoms with E-state index in [1.54, 1.807) is 13.2 Å². The summed E-state index contributed by atoms with van der Waals surface area (Å²) in [6, 6.07) is 0. The largest absolute Gasteiger partial charge is 0.497 e. The first-order valence-electron chi connectivity index (χ1n) is 6.32. The Morgan fingerprint density at radius 1 is 1.38 bits per heavy atom. The van der Waals surface area contributed by atoms with Gasteiger partial charge in [-0.2, -0.15) is 0 Å². The third kappa shape index (κ3) is 3.66. The zero-order valence-electron chi connectivity index (χ0n) is 10.9. The molecule has 0 aromatic heterocycles. The van der Waals surface area contributed by atoms with Crippen LogP contribution in [0.15, 0.2) is 11.8 Å². The number of carbonyl (C=O) groups excluding carboxylic acids is 1. The maximum atomic E-state index is 10.5. The van der Waals surface area contributed by atoms with E-state index in [0.29, 0.717) is 23.5 Å². The lowest BCUT2D eigenvalue weighted by Gasteiger charge is -2.36. The summed E-state index contributed by atoms with van der Waals surface area (Å²) in [5, 5.41) is 0. The predicted molar refractivity (Wildman–Crippen MR) is 66.0 cm³/mol. The van der Waals surface area contributed by atoms with Gasteiger partial charge in [-0.25, -0.2) is 0 Å². The van der Waals surface area contributed by atoms with E-state index in [1.807, 2.05) is 0 Å². The third-order valence-electron chi connectivity index (χ3n) is 3.58. The Hall–Kier alpha value is -0.790. The molecule has 0 saturated heterocycles. The van der Waals surface area contributed by atoms with E-state index in [9.17, 15) is 4.79 Å². The fraction of sp³-hybridized carbons (Fsp3) is 0.786. The van der Waals surface area contributed by atoms with Crippen LogP contribution in [0.1, 0.15) is 47.0 Å². The summed E-state index contributed by atoms with van der Waals surface area (Å²) in [5.41, 5.74) is 0.667. The molecule has 0 radical (unpaired) electrons. The maximum absolute atomic E-state index is 10.5. The van der Waals surface area contributed by atoms with Crippen molar-refractivity contribution >= 4 is 6.29 Å². The van der Waals surface area contributed by atoms with Gasteiger partial charge in [-0.1, -0.05) is 27.2 Å². The third-order valence-corrected chi connectivity index (χ3v) is 3.58. The Morgan fingerprint density at radius 3 is 2.62 bits per heavy atom. The average Bonchev–Trinajstić information content (AvgIpc) is 2.25. The first-order chi connectivity index (χ1) is 7.54. The molecule has 0 spiro atoms. The molecule has 0 amide bonds. The van der Waals surface area contributed by atoms with Crippen LogP contribution in [-0.2, 0) is 9.53 Å². The highest BCUT2D eigenvalue weighted by molar-refractivity contribution is 5.71. The number of hydrogen-bond donors (Lipinski definition) is 0. The number of allylic oxidation sites excluding steroid dienone is 1. The fourth-order valence-corrected chi connectivity index (χ4v) is 2.49. The van der Waals surface area contributed by atoms with E-state index in [2.05, 4.69) is 20.8 Å². The molecule has 0 N–H and O–H groups in total. The van der Waals surface area contributed by atoms with Crippen molar-refractivity contribution in [1.82, 2.24) is 0 Å². The van der Waals surface area contributed by atoms with Crippen LogP contribution in [0.3, 0.4) is 0 Å². The van der Waals surface area contributed by atoms with Gasteiger partial charge in [-0.05, 0) is 37.5 Å². The van der Waals surface area contributed by atoms with Crippen molar-refractivity contribution in [2.24, 2.45) is 17.8 Å². The highest BCUT2D eigenvalue weighted by Crippen LogP contribution is 2.35. The normalized spacial score (nSPS) is 31.6. The Labute approximate surface area is 99.1 Å². The van der Waals surface area contributed by atoms with Crippen molar-refractivity contribution in [3.05, 3.63) is 11.8 Å². The van der Waals surface area contributed by atoms with Gasteiger partial charge in [-0.15, -0.1) is 0 Å². The highest BCUT2D eigenvalue weighted by atomic mass is 16.5. The molecule has 0 aliphatic heterocycles. The van der Waals surface area contributed by atoms with E-state index in [4.69, 9.17) is 4.74 Å². The molecule has 1 saturated carbocycles. The van der Waals surface area contributed by atoms with Crippen molar-refractivity contribution in [3.63, 3.8) is 0 Å². The molecule has 1 aliphatic carbocycles. The van der Waals surface area contributed by atoms with Gasteiger partial charge in [0, 0.05) is 5.57 Å². The Morgan fingerprint density at radius 2 is 2.06 bits per heavy atom. The number of aldehydes is 1. The molecule has 3 atom stereocenters. The molecule has 0 heterocycles. The summed E-state index contributed by atoms with van der Waals surface area (Å²) < 4.78 is 5.79. The van der Waals surface area contributed by atoms with Gasteiger partial charge in [0.05, 0.1) is 6.26 Å². The van der Waals surface area contributed by atoms with E-state index in [1.165, 1.54) is 12.8 Å². The number of carbonyl (C=O) groups is 1. The SMILES string of the molecule is C/C(C=O)=C\O[C@@H]1C[C@H](C)CC[C@H]1C(C)C. The van der Waals surface area contributed by atoms with Crippen molar-refractivity contribution < 1.29 is 9.53 Å². The molecule has 92 valence electrons. The second kappa shape index (κ2) is 6.07. The van der Waals surface area contributed by atoms with Crippen LogP contribution in [0.2, 0.25) is 0 Å². The lowest BCUT2D eigenvalue weighted by molar-refractivity contribution is -0.105. The van der Waals surface area contributed by atoms with Crippen LogP contribution in [0, 0.1) is 17.8 Å².